The Balaban J connectivity index is 2.65. The standard InChI is InChI=1S/C12H15O2PS/c1-3-4-8-11-16-15(13,14-2)12-9-6-5-7-10-12/h1,5-7,9-10H,4,8,11H2,2H3. The lowest BCUT2D eigenvalue weighted by atomic mass is 10.4. The molecule has 1 unspecified atom stereocenters. The molecule has 0 heterocycles. The lowest BCUT2D eigenvalue weighted by Crippen LogP contribution is -2.03. The summed E-state index contributed by atoms with van der Waals surface area (Å²) in [7, 11) is 1.49. The average Bonchev–Trinajstić information content (AvgIpc) is 2.35. The Kier molecular flexibility index (Phi) is 5.69. The third-order valence-electron chi connectivity index (χ3n) is 2.04. The van der Waals surface area contributed by atoms with Crippen LogP contribution < -0.4 is 5.30 Å². The lowest BCUT2D eigenvalue weighted by molar-refractivity contribution is 0.418. The molecule has 0 aliphatic rings. The summed E-state index contributed by atoms with van der Waals surface area (Å²) in [6.07, 6.45) is 6.74. The van der Waals surface area contributed by atoms with Gasteiger partial charge in [0.05, 0.1) is 0 Å². The molecule has 0 aliphatic heterocycles. The first-order valence-electron chi connectivity index (χ1n) is 5.02. The number of hydrogen-bond acceptors (Lipinski definition) is 3. The fourth-order valence-electron chi connectivity index (χ4n) is 1.20. The molecular weight excluding hydrogens is 239 g/mol. The SMILES string of the molecule is C#CCCCSP(=O)(OC)c1ccccc1. The molecule has 1 rings (SSSR count). The van der Waals surface area contributed by atoms with Crippen molar-refractivity contribution in [1.82, 2.24) is 0 Å². The minimum absolute atomic E-state index is 0.714. The molecule has 0 aromatic heterocycles. The second kappa shape index (κ2) is 6.81. The molecule has 1 atom stereocenters. The van der Waals surface area contributed by atoms with Gasteiger partial charge in [-0.15, -0.1) is 12.3 Å². The van der Waals surface area contributed by atoms with Crippen LogP contribution in [0, 0.1) is 12.3 Å². The van der Waals surface area contributed by atoms with Crippen molar-refractivity contribution in [2.75, 3.05) is 12.9 Å². The van der Waals surface area contributed by atoms with Crippen LogP contribution >= 0.6 is 18.0 Å². The zero-order valence-corrected chi connectivity index (χ0v) is 11.0. The Bertz CT molecular complexity index is 397. The number of terminal acetylenes is 1. The van der Waals surface area contributed by atoms with Crippen LogP contribution in [-0.4, -0.2) is 12.9 Å². The summed E-state index contributed by atoms with van der Waals surface area (Å²) >= 11 is 1.35. The van der Waals surface area contributed by atoms with Crippen LogP contribution in [0.25, 0.3) is 0 Å². The molecule has 16 heavy (non-hydrogen) atoms. The molecule has 1 aromatic rings. The quantitative estimate of drug-likeness (QED) is 0.442. The van der Waals surface area contributed by atoms with Crippen LogP contribution in [-0.2, 0) is 9.09 Å². The zero-order chi connectivity index (χ0) is 11.9. The summed E-state index contributed by atoms with van der Waals surface area (Å²) in [5.74, 6) is 3.32. The van der Waals surface area contributed by atoms with E-state index in [1.165, 1.54) is 18.5 Å². The molecule has 2 nitrogen and oxygen atoms in total. The van der Waals surface area contributed by atoms with E-state index in [4.69, 9.17) is 10.9 Å². The summed E-state index contributed by atoms with van der Waals surface area (Å²) in [6, 6.07) is 9.29. The number of rotatable bonds is 6. The maximum atomic E-state index is 12.4. The maximum absolute atomic E-state index is 12.4. The predicted molar refractivity (Wildman–Crippen MR) is 71.2 cm³/mol. The monoisotopic (exact) mass is 254 g/mol. The average molecular weight is 254 g/mol. The predicted octanol–water partition coefficient (Wildman–Crippen LogP) is 3.30. The fraction of sp³-hybridized carbons (Fsp3) is 0.333. The van der Waals surface area contributed by atoms with Gasteiger partial charge in [-0.25, -0.2) is 0 Å². The summed E-state index contributed by atoms with van der Waals surface area (Å²) in [5, 5.41) is 0.753. The van der Waals surface area contributed by atoms with Crippen LogP contribution in [0.5, 0.6) is 0 Å². The van der Waals surface area contributed by atoms with Crippen molar-refractivity contribution in [2.45, 2.75) is 12.8 Å². The number of hydrogen-bond donors (Lipinski definition) is 0. The highest BCUT2D eigenvalue weighted by Crippen LogP contribution is 2.57. The van der Waals surface area contributed by atoms with Gasteiger partial charge in [-0.2, -0.15) is 0 Å². The zero-order valence-electron chi connectivity index (χ0n) is 9.26. The summed E-state index contributed by atoms with van der Waals surface area (Å²) in [6.45, 7) is -2.74. The van der Waals surface area contributed by atoms with Gasteiger partial charge < -0.3 is 4.52 Å². The van der Waals surface area contributed by atoms with Crippen molar-refractivity contribution in [2.24, 2.45) is 0 Å². The van der Waals surface area contributed by atoms with E-state index in [9.17, 15) is 4.57 Å². The summed E-state index contributed by atoms with van der Waals surface area (Å²) < 4.78 is 17.6. The van der Waals surface area contributed by atoms with Crippen molar-refractivity contribution in [3.05, 3.63) is 30.3 Å². The molecular formula is C12H15O2PS. The van der Waals surface area contributed by atoms with Gasteiger partial charge >= 0.3 is 0 Å². The van der Waals surface area contributed by atoms with E-state index in [-0.39, 0.29) is 0 Å². The van der Waals surface area contributed by atoms with E-state index >= 15 is 0 Å². The van der Waals surface area contributed by atoms with Crippen LogP contribution in [0.4, 0.5) is 0 Å². The van der Waals surface area contributed by atoms with Gasteiger partial charge in [0.25, 0.3) is 6.57 Å². The first-order valence-corrected chi connectivity index (χ1v) is 8.24. The summed E-state index contributed by atoms with van der Waals surface area (Å²) in [4.78, 5) is 0. The smallest absolute Gasteiger partial charge is 0.286 e. The Labute approximate surface area is 101 Å². The van der Waals surface area contributed by atoms with Crippen LogP contribution in [0.2, 0.25) is 0 Å². The normalized spacial score (nSPS) is 14.0. The van der Waals surface area contributed by atoms with E-state index in [0.29, 0.717) is 6.42 Å². The Hall–Kier alpha value is -0.680. The number of unbranched alkanes of at least 4 members (excludes halogenated alkanes) is 1. The minimum Gasteiger partial charge on any atom is -0.321 e. The Morgan fingerprint density at radius 1 is 1.44 bits per heavy atom. The Morgan fingerprint density at radius 3 is 2.69 bits per heavy atom. The molecule has 86 valence electrons. The van der Waals surface area contributed by atoms with Gasteiger partial charge in [-0.1, -0.05) is 29.6 Å². The first-order chi connectivity index (χ1) is 7.73. The van der Waals surface area contributed by atoms with Gasteiger partial charge in [-0.3, -0.25) is 4.57 Å². The third kappa shape index (κ3) is 3.72. The van der Waals surface area contributed by atoms with Gasteiger partial charge in [0, 0.05) is 24.6 Å². The number of benzene rings is 1. The molecule has 0 N–H and O–H groups in total. The minimum atomic E-state index is -2.74. The molecule has 0 saturated carbocycles. The van der Waals surface area contributed by atoms with E-state index in [1.54, 1.807) is 0 Å². The Morgan fingerprint density at radius 2 is 2.12 bits per heavy atom. The van der Waals surface area contributed by atoms with E-state index in [1.807, 2.05) is 30.3 Å². The fourth-order valence-corrected chi connectivity index (χ4v) is 4.96. The van der Waals surface area contributed by atoms with Crippen molar-refractivity contribution >= 4 is 23.3 Å². The van der Waals surface area contributed by atoms with Crippen LogP contribution in [0.1, 0.15) is 12.8 Å². The van der Waals surface area contributed by atoms with Crippen LogP contribution in [0.15, 0.2) is 30.3 Å². The lowest BCUT2D eigenvalue weighted by Gasteiger charge is -2.15. The second-order valence-corrected chi connectivity index (χ2v) is 7.92. The van der Waals surface area contributed by atoms with Gasteiger partial charge in [0.1, 0.15) is 0 Å². The molecule has 0 bridgehead atoms. The highest BCUT2D eigenvalue weighted by molar-refractivity contribution is 8.58. The van der Waals surface area contributed by atoms with E-state index in [2.05, 4.69) is 5.92 Å². The molecule has 0 saturated heterocycles. The molecule has 0 spiro atoms. The molecule has 0 aliphatic carbocycles. The van der Waals surface area contributed by atoms with Crippen molar-refractivity contribution in [3.8, 4) is 12.3 Å². The highest BCUT2D eigenvalue weighted by Gasteiger charge is 2.24. The van der Waals surface area contributed by atoms with E-state index < -0.39 is 6.57 Å². The summed E-state index contributed by atoms with van der Waals surface area (Å²) in [5.41, 5.74) is 0. The topological polar surface area (TPSA) is 26.3 Å². The molecule has 4 heteroatoms. The van der Waals surface area contributed by atoms with Crippen molar-refractivity contribution < 1.29 is 9.09 Å². The van der Waals surface area contributed by atoms with Crippen LogP contribution in [0.3, 0.4) is 0 Å². The van der Waals surface area contributed by atoms with E-state index in [0.717, 1.165) is 17.5 Å². The second-order valence-electron chi connectivity index (χ2n) is 3.16. The molecule has 0 radical (unpaired) electrons. The van der Waals surface area contributed by atoms with Gasteiger partial charge in [-0.05, 0) is 18.6 Å². The first kappa shape index (κ1) is 13.4. The van der Waals surface area contributed by atoms with Crippen molar-refractivity contribution in [3.63, 3.8) is 0 Å². The molecule has 1 aromatic carbocycles. The van der Waals surface area contributed by atoms with Gasteiger partial charge in [0.2, 0.25) is 0 Å². The van der Waals surface area contributed by atoms with Gasteiger partial charge in [0.15, 0.2) is 0 Å². The largest absolute Gasteiger partial charge is 0.321 e. The maximum Gasteiger partial charge on any atom is 0.286 e. The molecule has 0 amide bonds. The van der Waals surface area contributed by atoms with Crippen molar-refractivity contribution in [1.29, 1.82) is 0 Å². The highest BCUT2D eigenvalue weighted by atomic mass is 32.7. The third-order valence-corrected chi connectivity index (χ3v) is 6.91. The molecule has 0 fully saturated rings.